The van der Waals surface area contributed by atoms with E-state index in [1.807, 2.05) is 32.9 Å². The highest BCUT2D eigenvalue weighted by molar-refractivity contribution is 5.68. The van der Waals surface area contributed by atoms with Gasteiger partial charge in [0.15, 0.2) is 0 Å². The maximum absolute atomic E-state index is 11.7. The minimum atomic E-state index is -0.439. The lowest BCUT2D eigenvalue weighted by Gasteiger charge is -2.38. The molecule has 1 aliphatic rings. The van der Waals surface area contributed by atoms with E-state index in [1.165, 1.54) is 0 Å². The molecule has 1 amide bonds. The van der Waals surface area contributed by atoms with Gasteiger partial charge in [0.05, 0.1) is 6.26 Å². The van der Waals surface area contributed by atoms with Crippen LogP contribution in [0.4, 0.5) is 4.79 Å². The largest absolute Gasteiger partial charge is 0.469 e. The Morgan fingerprint density at radius 3 is 2.73 bits per heavy atom. The van der Waals surface area contributed by atoms with Crippen LogP contribution in [0.3, 0.4) is 0 Å². The summed E-state index contributed by atoms with van der Waals surface area (Å²) in [5.41, 5.74) is -0.439. The molecule has 5 nitrogen and oxygen atoms in total. The summed E-state index contributed by atoms with van der Waals surface area (Å²) < 4.78 is 10.6. The van der Waals surface area contributed by atoms with Crippen LogP contribution >= 0.6 is 0 Å². The molecule has 1 aromatic rings. The summed E-state index contributed by atoms with van der Waals surface area (Å²) in [7, 11) is 0. The molecule has 1 atom stereocenters. The topological polar surface area (TPSA) is 63.5 Å². The van der Waals surface area contributed by atoms with Gasteiger partial charge < -0.3 is 19.8 Å². The van der Waals surface area contributed by atoms with E-state index in [2.05, 4.69) is 17.6 Å². The van der Waals surface area contributed by atoms with E-state index in [0.717, 1.165) is 31.4 Å². The highest BCUT2D eigenvalue weighted by Gasteiger charge is 2.32. The summed E-state index contributed by atoms with van der Waals surface area (Å²) in [6.07, 6.45) is 5.32. The van der Waals surface area contributed by atoms with Crippen LogP contribution in [-0.2, 0) is 11.2 Å². The third-order valence-corrected chi connectivity index (χ3v) is 3.78. The summed E-state index contributed by atoms with van der Waals surface area (Å²) in [6, 6.07) is 5.08. The first-order valence-electron chi connectivity index (χ1n) is 8.10. The smallest absolute Gasteiger partial charge is 0.407 e. The lowest BCUT2D eigenvalue weighted by atomic mass is 9.86. The summed E-state index contributed by atoms with van der Waals surface area (Å²) in [5, 5.41) is 6.51. The average Bonchev–Trinajstić information content (AvgIpc) is 2.84. The molecule has 1 aromatic heterocycles. The lowest BCUT2D eigenvalue weighted by Crippen LogP contribution is -2.54. The molecule has 1 aliphatic carbocycles. The number of hydrogen-bond donors (Lipinski definition) is 2. The van der Waals surface area contributed by atoms with Crippen LogP contribution < -0.4 is 10.6 Å². The van der Waals surface area contributed by atoms with E-state index in [0.29, 0.717) is 12.1 Å². The predicted octanol–water partition coefficient (Wildman–Crippen LogP) is 3.25. The Morgan fingerprint density at radius 2 is 2.14 bits per heavy atom. The summed E-state index contributed by atoms with van der Waals surface area (Å²) >= 11 is 0. The summed E-state index contributed by atoms with van der Waals surface area (Å²) in [5.74, 6) is 1.03. The molecule has 124 valence electrons. The quantitative estimate of drug-likeness (QED) is 0.847. The Bertz CT molecular complexity index is 459. The third-order valence-electron chi connectivity index (χ3n) is 3.78. The molecule has 2 N–H and O–H groups in total. The minimum Gasteiger partial charge on any atom is -0.469 e. The zero-order valence-electron chi connectivity index (χ0n) is 14.0. The molecule has 5 heteroatoms. The maximum atomic E-state index is 11.7. The molecule has 22 heavy (non-hydrogen) atoms. The molecule has 0 saturated heterocycles. The van der Waals surface area contributed by atoms with Crippen LogP contribution in [0, 0.1) is 0 Å². The van der Waals surface area contributed by atoms with E-state index < -0.39 is 5.60 Å². The van der Waals surface area contributed by atoms with Gasteiger partial charge in [-0.05, 0) is 59.1 Å². The summed E-state index contributed by atoms with van der Waals surface area (Å²) in [4.78, 5) is 11.7. The molecule has 2 rings (SSSR count). The van der Waals surface area contributed by atoms with Gasteiger partial charge in [0.1, 0.15) is 11.4 Å². The second-order valence-corrected chi connectivity index (χ2v) is 7.20. The zero-order chi connectivity index (χ0) is 16.2. The van der Waals surface area contributed by atoms with Crippen molar-refractivity contribution in [3.8, 4) is 0 Å². The number of ether oxygens (including phenoxy) is 1. The van der Waals surface area contributed by atoms with E-state index in [1.54, 1.807) is 6.26 Å². The fraction of sp³-hybridized carbons (Fsp3) is 0.706. The molecular weight excluding hydrogens is 280 g/mol. The monoisotopic (exact) mass is 308 g/mol. The van der Waals surface area contributed by atoms with Crippen molar-refractivity contribution in [1.82, 2.24) is 10.6 Å². The SMILES string of the molecule is CC(CCc1ccco1)NC1CC(NC(=O)OC(C)(C)C)C1. The van der Waals surface area contributed by atoms with Crippen molar-refractivity contribution in [3.05, 3.63) is 24.2 Å². The maximum Gasteiger partial charge on any atom is 0.407 e. The number of hydrogen-bond acceptors (Lipinski definition) is 4. The molecule has 1 fully saturated rings. The number of furan rings is 1. The van der Waals surface area contributed by atoms with Crippen molar-refractivity contribution in [2.75, 3.05) is 0 Å². The third kappa shape index (κ3) is 5.72. The van der Waals surface area contributed by atoms with Crippen molar-refractivity contribution in [2.45, 2.75) is 77.1 Å². The minimum absolute atomic E-state index is 0.227. The second kappa shape index (κ2) is 7.18. The van der Waals surface area contributed by atoms with Crippen molar-refractivity contribution in [1.29, 1.82) is 0 Å². The molecule has 1 saturated carbocycles. The Morgan fingerprint density at radius 1 is 1.41 bits per heavy atom. The van der Waals surface area contributed by atoms with E-state index >= 15 is 0 Å². The number of amides is 1. The van der Waals surface area contributed by atoms with Gasteiger partial charge >= 0.3 is 6.09 Å². The second-order valence-electron chi connectivity index (χ2n) is 7.20. The first-order chi connectivity index (χ1) is 10.3. The van der Waals surface area contributed by atoms with E-state index in [9.17, 15) is 4.79 Å². The van der Waals surface area contributed by atoms with Gasteiger partial charge in [-0.2, -0.15) is 0 Å². The molecule has 0 radical (unpaired) electrons. The Hall–Kier alpha value is -1.49. The van der Waals surface area contributed by atoms with Crippen LogP contribution in [0.25, 0.3) is 0 Å². The fourth-order valence-corrected chi connectivity index (χ4v) is 2.65. The molecular formula is C17H28N2O3. The van der Waals surface area contributed by atoms with Gasteiger partial charge in [0.25, 0.3) is 0 Å². The fourth-order valence-electron chi connectivity index (χ4n) is 2.65. The zero-order valence-corrected chi connectivity index (χ0v) is 14.0. The van der Waals surface area contributed by atoms with Gasteiger partial charge in [0, 0.05) is 24.5 Å². The Balaban J connectivity index is 1.57. The van der Waals surface area contributed by atoms with Crippen LogP contribution in [0.5, 0.6) is 0 Å². The number of carbonyl (C=O) groups excluding carboxylic acids is 1. The Kier molecular flexibility index (Phi) is 5.51. The molecule has 0 bridgehead atoms. The van der Waals surface area contributed by atoms with Crippen molar-refractivity contribution in [2.24, 2.45) is 0 Å². The van der Waals surface area contributed by atoms with Crippen molar-refractivity contribution in [3.63, 3.8) is 0 Å². The standard InChI is InChI=1S/C17H28N2O3/c1-12(7-8-15-6-5-9-21-15)18-13-10-14(11-13)19-16(20)22-17(2,3)4/h5-6,9,12-14,18H,7-8,10-11H2,1-4H3,(H,19,20). The lowest BCUT2D eigenvalue weighted by molar-refractivity contribution is 0.0463. The Labute approximate surface area is 132 Å². The van der Waals surface area contributed by atoms with E-state index in [4.69, 9.17) is 9.15 Å². The van der Waals surface area contributed by atoms with Crippen molar-refractivity contribution >= 4 is 6.09 Å². The molecule has 0 spiro atoms. The number of alkyl carbamates (subject to hydrolysis) is 1. The van der Waals surface area contributed by atoms with Gasteiger partial charge in [0.2, 0.25) is 0 Å². The van der Waals surface area contributed by atoms with Crippen LogP contribution in [0.2, 0.25) is 0 Å². The first kappa shape index (κ1) is 16.9. The molecule has 1 heterocycles. The van der Waals surface area contributed by atoms with Crippen molar-refractivity contribution < 1.29 is 13.9 Å². The normalized spacial score (nSPS) is 22.7. The summed E-state index contributed by atoms with van der Waals surface area (Å²) in [6.45, 7) is 7.81. The van der Waals surface area contributed by atoms with Crippen LogP contribution in [0.15, 0.2) is 22.8 Å². The van der Waals surface area contributed by atoms with Gasteiger partial charge in [-0.1, -0.05) is 0 Å². The van der Waals surface area contributed by atoms with Gasteiger partial charge in [-0.15, -0.1) is 0 Å². The number of nitrogens with one attached hydrogen (secondary N) is 2. The molecule has 0 aliphatic heterocycles. The first-order valence-corrected chi connectivity index (χ1v) is 8.10. The van der Waals surface area contributed by atoms with Gasteiger partial charge in [-0.3, -0.25) is 0 Å². The average molecular weight is 308 g/mol. The van der Waals surface area contributed by atoms with Gasteiger partial charge in [-0.25, -0.2) is 4.79 Å². The number of carbonyl (C=O) groups is 1. The highest BCUT2D eigenvalue weighted by atomic mass is 16.6. The van der Waals surface area contributed by atoms with E-state index in [-0.39, 0.29) is 12.1 Å². The molecule has 0 aromatic carbocycles. The van der Waals surface area contributed by atoms with Crippen LogP contribution in [-0.4, -0.2) is 29.8 Å². The number of rotatable bonds is 6. The molecule has 1 unspecified atom stereocenters. The predicted molar refractivity (Wildman–Crippen MR) is 85.8 cm³/mol. The number of aryl methyl sites for hydroxylation is 1. The van der Waals surface area contributed by atoms with Crippen LogP contribution in [0.1, 0.15) is 52.7 Å². The highest BCUT2D eigenvalue weighted by Crippen LogP contribution is 2.21.